The number of nitrogens with zero attached hydrogens (tertiary/aromatic N) is 3. The maximum absolute atomic E-state index is 10.9. The topological polar surface area (TPSA) is 130 Å². The summed E-state index contributed by atoms with van der Waals surface area (Å²) >= 11 is 0. The SMILES string of the molecule is Cc1ccc([N+](=O)[O-])c(Oc2cc(N)nc(N)n2)c1. The Balaban J connectivity index is 2.42. The molecule has 2 aromatic rings. The van der Waals surface area contributed by atoms with Crippen LogP contribution in [0.3, 0.4) is 0 Å². The molecule has 8 nitrogen and oxygen atoms in total. The lowest BCUT2D eigenvalue weighted by Crippen LogP contribution is -2.01. The number of ether oxygens (including phenoxy) is 1. The minimum atomic E-state index is -0.539. The van der Waals surface area contributed by atoms with Crippen molar-refractivity contribution in [2.24, 2.45) is 0 Å². The summed E-state index contributed by atoms with van der Waals surface area (Å²) in [6, 6.07) is 5.85. The van der Waals surface area contributed by atoms with Crippen molar-refractivity contribution in [3.05, 3.63) is 39.9 Å². The molecule has 4 N–H and O–H groups in total. The van der Waals surface area contributed by atoms with Crippen LogP contribution in [0.15, 0.2) is 24.3 Å². The summed E-state index contributed by atoms with van der Waals surface area (Å²) in [4.78, 5) is 17.8. The van der Waals surface area contributed by atoms with Gasteiger partial charge in [-0.15, -0.1) is 0 Å². The molecule has 0 unspecified atom stereocenters. The van der Waals surface area contributed by atoms with Crippen molar-refractivity contribution >= 4 is 17.5 Å². The van der Waals surface area contributed by atoms with Gasteiger partial charge in [-0.05, 0) is 18.6 Å². The highest BCUT2D eigenvalue weighted by molar-refractivity contribution is 5.50. The first-order valence-corrected chi connectivity index (χ1v) is 5.28. The second kappa shape index (κ2) is 4.77. The standard InChI is InChI=1S/C11H11N5O3/c1-6-2-3-7(16(17)18)8(4-6)19-10-5-9(12)14-11(13)15-10/h2-5H,1H3,(H4,12,13,14,15). The van der Waals surface area contributed by atoms with Crippen molar-refractivity contribution < 1.29 is 9.66 Å². The van der Waals surface area contributed by atoms with E-state index in [1.165, 1.54) is 18.2 Å². The Kier molecular flexibility index (Phi) is 3.15. The Hall–Kier alpha value is -2.90. The molecule has 1 aromatic carbocycles. The number of nitrogens with two attached hydrogens (primary N) is 2. The third-order valence-electron chi connectivity index (χ3n) is 2.27. The molecule has 0 atom stereocenters. The first-order chi connectivity index (χ1) is 8.95. The molecule has 0 aliphatic heterocycles. The Bertz CT molecular complexity index is 624. The molecule has 0 fully saturated rings. The number of aryl methyl sites for hydroxylation is 1. The van der Waals surface area contributed by atoms with Crippen LogP contribution in [-0.4, -0.2) is 14.9 Å². The third kappa shape index (κ3) is 2.86. The minimum Gasteiger partial charge on any atom is -0.432 e. The van der Waals surface area contributed by atoms with Gasteiger partial charge >= 0.3 is 5.69 Å². The molecule has 0 amide bonds. The normalized spacial score (nSPS) is 10.2. The van der Waals surface area contributed by atoms with E-state index in [-0.39, 0.29) is 29.1 Å². The number of anilines is 2. The molecule has 98 valence electrons. The number of rotatable bonds is 3. The molecule has 0 aliphatic rings. The van der Waals surface area contributed by atoms with Crippen LogP contribution in [-0.2, 0) is 0 Å². The summed E-state index contributed by atoms with van der Waals surface area (Å²) in [6.07, 6.45) is 0. The van der Waals surface area contributed by atoms with Gasteiger partial charge in [-0.25, -0.2) is 0 Å². The number of nitro benzene ring substituents is 1. The van der Waals surface area contributed by atoms with Gasteiger partial charge < -0.3 is 16.2 Å². The van der Waals surface area contributed by atoms with Gasteiger partial charge in [0.2, 0.25) is 17.6 Å². The van der Waals surface area contributed by atoms with E-state index >= 15 is 0 Å². The van der Waals surface area contributed by atoms with E-state index in [1.807, 2.05) is 0 Å². The lowest BCUT2D eigenvalue weighted by molar-refractivity contribution is -0.385. The van der Waals surface area contributed by atoms with E-state index in [4.69, 9.17) is 16.2 Å². The zero-order valence-electron chi connectivity index (χ0n) is 10.0. The van der Waals surface area contributed by atoms with Gasteiger partial charge in [-0.3, -0.25) is 10.1 Å². The average molecular weight is 261 g/mol. The van der Waals surface area contributed by atoms with Crippen LogP contribution < -0.4 is 16.2 Å². The predicted molar refractivity (Wildman–Crippen MR) is 68.8 cm³/mol. The van der Waals surface area contributed by atoms with Crippen molar-refractivity contribution in [2.75, 3.05) is 11.5 Å². The zero-order chi connectivity index (χ0) is 14.0. The molecule has 1 aromatic heterocycles. The van der Waals surface area contributed by atoms with E-state index < -0.39 is 4.92 Å². The predicted octanol–water partition coefficient (Wildman–Crippen LogP) is 1.65. The van der Waals surface area contributed by atoms with Gasteiger partial charge in [0.15, 0.2) is 0 Å². The van der Waals surface area contributed by atoms with Crippen molar-refractivity contribution in [3.63, 3.8) is 0 Å². The zero-order valence-corrected chi connectivity index (χ0v) is 10.0. The molecule has 0 saturated carbocycles. The molecule has 0 spiro atoms. The number of nitro groups is 1. The largest absolute Gasteiger partial charge is 0.432 e. The van der Waals surface area contributed by atoms with E-state index in [2.05, 4.69) is 9.97 Å². The first-order valence-electron chi connectivity index (χ1n) is 5.28. The number of nitrogen functional groups attached to an aromatic ring is 2. The van der Waals surface area contributed by atoms with E-state index in [0.717, 1.165) is 5.56 Å². The summed E-state index contributed by atoms with van der Waals surface area (Å²) in [5.41, 5.74) is 11.6. The molecule has 0 aliphatic carbocycles. The first kappa shape index (κ1) is 12.6. The second-order valence-corrected chi connectivity index (χ2v) is 3.82. The van der Waals surface area contributed by atoms with Gasteiger partial charge in [-0.1, -0.05) is 6.07 Å². The summed E-state index contributed by atoms with van der Waals surface area (Å²) in [5, 5.41) is 10.9. The Labute approximate surface area is 108 Å². The highest BCUT2D eigenvalue weighted by atomic mass is 16.6. The van der Waals surface area contributed by atoms with Crippen molar-refractivity contribution in [1.82, 2.24) is 9.97 Å². The van der Waals surface area contributed by atoms with E-state index in [0.29, 0.717) is 0 Å². The van der Waals surface area contributed by atoms with Crippen LogP contribution in [0, 0.1) is 17.0 Å². The quantitative estimate of drug-likeness (QED) is 0.634. The maximum Gasteiger partial charge on any atom is 0.311 e. The molecule has 0 radical (unpaired) electrons. The lowest BCUT2D eigenvalue weighted by atomic mass is 10.2. The highest BCUT2D eigenvalue weighted by Crippen LogP contribution is 2.31. The summed E-state index contributed by atoms with van der Waals surface area (Å²) < 4.78 is 5.36. The second-order valence-electron chi connectivity index (χ2n) is 3.82. The van der Waals surface area contributed by atoms with Crippen LogP contribution in [0.4, 0.5) is 17.5 Å². The molecule has 0 saturated heterocycles. The molecule has 2 rings (SSSR count). The van der Waals surface area contributed by atoms with E-state index in [1.54, 1.807) is 13.0 Å². The summed E-state index contributed by atoms with van der Waals surface area (Å²) in [7, 11) is 0. The van der Waals surface area contributed by atoms with Crippen LogP contribution in [0.1, 0.15) is 5.56 Å². The Morgan fingerprint density at radius 2 is 2.00 bits per heavy atom. The third-order valence-corrected chi connectivity index (χ3v) is 2.27. The minimum absolute atomic E-state index is 0.0544. The van der Waals surface area contributed by atoms with Gasteiger partial charge in [0, 0.05) is 12.1 Å². The number of aromatic nitrogens is 2. The highest BCUT2D eigenvalue weighted by Gasteiger charge is 2.16. The van der Waals surface area contributed by atoms with Crippen molar-refractivity contribution in [3.8, 4) is 11.6 Å². The molecule has 1 heterocycles. The molecule has 8 heteroatoms. The van der Waals surface area contributed by atoms with Gasteiger partial charge in [0.1, 0.15) is 5.82 Å². The molecule has 0 bridgehead atoms. The number of hydrogen-bond acceptors (Lipinski definition) is 7. The van der Waals surface area contributed by atoms with Crippen LogP contribution in [0.5, 0.6) is 11.6 Å². The lowest BCUT2D eigenvalue weighted by Gasteiger charge is -2.07. The number of hydrogen-bond donors (Lipinski definition) is 2. The maximum atomic E-state index is 10.9. The fraction of sp³-hybridized carbons (Fsp3) is 0.0909. The smallest absolute Gasteiger partial charge is 0.311 e. The number of benzene rings is 1. The fourth-order valence-electron chi connectivity index (χ4n) is 1.48. The van der Waals surface area contributed by atoms with Gasteiger partial charge in [0.05, 0.1) is 4.92 Å². The van der Waals surface area contributed by atoms with Crippen LogP contribution in [0.25, 0.3) is 0 Å². The Morgan fingerprint density at radius 3 is 2.63 bits per heavy atom. The van der Waals surface area contributed by atoms with Crippen molar-refractivity contribution in [1.29, 1.82) is 0 Å². The monoisotopic (exact) mass is 261 g/mol. The average Bonchev–Trinajstić information content (AvgIpc) is 2.26. The summed E-state index contributed by atoms with van der Waals surface area (Å²) in [6.45, 7) is 1.79. The van der Waals surface area contributed by atoms with E-state index in [9.17, 15) is 10.1 Å². The summed E-state index contributed by atoms with van der Waals surface area (Å²) in [5.74, 6) is 0.185. The molecular formula is C11H11N5O3. The van der Waals surface area contributed by atoms with Crippen LogP contribution >= 0.6 is 0 Å². The van der Waals surface area contributed by atoms with Gasteiger partial charge in [-0.2, -0.15) is 9.97 Å². The molecular weight excluding hydrogens is 250 g/mol. The van der Waals surface area contributed by atoms with Crippen molar-refractivity contribution in [2.45, 2.75) is 6.92 Å². The van der Waals surface area contributed by atoms with Gasteiger partial charge in [0.25, 0.3) is 0 Å². The Morgan fingerprint density at radius 1 is 1.26 bits per heavy atom. The fourth-order valence-corrected chi connectivity index (χ4v) is 1.48. The van der Waals surface area contributed by atoms with Crippen LogP contribution in [0.2, 0.25) is 0 Å². The molecule has 19 heavy (non-hydrogen) atoms.